The Morgan fingerprint density at radius 3 is 2.58 bits per heavy atom. The molecule has 2 aromatic heterocycles. The zero-order valence-corrected chi connectivity index (χ0v) is 18.8. The maximum atomic E-state index is 12.7. The average molecular weight is 446 g/mol. The average Bonchev–Trinajstić information content (AvgIpc) is 3.54. The number of carbonyl (C=O) groups is 1. The van der Waals surface area contributed by atoms with E-state index < -0.39 is 0 Å². The first-order chi connectivity index (χ1) is 16.2. The third-order valence-electron chi connectivity index (χ3n) is 5.21. The van der Waals surface area contributed by atoms with Gasteiger partial charge in [-0.15, -0.1) is 0 Å². The van der Waals surface area contributed by atoms with Crippen molar-refractivity contribution in [2.45, 2.75) is 32.7 Å². The molecule has 0 fully saturated rings. The normalized spacial score (nSPS) is 10.8. The van der Waals surface area contributed by atoms with Crippen LogP contribution in [0.5, 0.6) is 5.75 Å². The number of aromatic nitrogens is 6. The number of carbonyl (C=O) groups excluding carboxylic acids is 1. The largest absolute Gasteiger partial charge is 0.497 e. The van der Waals surface area contributed by atoms with Gasteiger partial charge in [0.2, 0.25) is 0 Å². The Kier molecular flexibility index (Phi) is 7.09. The summed E-state index contributed by atoms with van der Waals surface area (Å²) < 4.78 is 7.05. The number of nitrogens with one attached hydrogen (secondary N) is 1. The Balaban J connectivity index is 1.46. The molecule has 9 nitrogen and oxygen atoms in total. The van der Waals surface area contributed by atoms with Crippen LogP contribution in [0.4, 0.5) is 0 Å². The van der Waals surface area contributed by atoms with E-state index in [1.54, 1.807) is 35.0 Å². The minimum atomic E-state index is -0.115. The van der Waals surface area contributed by atoms with E-state index in [0.717, 1.165) is 48.0 Å². The molecule has 0 saturated heterocycles. The van der Waals surface area contributed by atoms with E-state index in [1.807, 2.05) is 49.4 Å². The summed E-state index contributed by atoms with van der Waals surface area (Å²) in [5, 5.41) is 15.8. The summed E-state index contributed by atoms with van der Waals surface area (Å²) in [7, 11) is 1.64. The molecular weight excluding hydrogens is 418 g/mol. The summed E-state index contributed by atoms with van der Waals surface area (Å²) in [6.07, 6.45) is 5.77. The monoisotopic (exact) mass is 445 g/mol. The lowest BCUT2D eigenvalue weighted by atomic mass is 10.1. The van der Waals surface area contributed by atoms with Gasteiger partial charge in [-0.2, -0.15) is 20.1 Å². The van der Waals surface area contributed by atoms with Gasteiger partial charge < -0.3 is 10.1 Å². The molecule has 4 aromatic rings. The summed E-state index contributed by atoms with van der Waals surface area (Å²) in [6, 6.07) is 15.1. The van der Waals surface area contributed by atoms with Gasteiger partial charge in [-0.1, -0.05) is 13.0 Å². The van der Waals surface area contributed by atoms with Crippen LogP contribution in [-0.2, 0) is 13.0 Å². The lowest BCUT2D eigenvalue weighted by molar-refractivity contribution is 0.0952. The highest BCUT2D eigenvalue weighted by atomic mass is 16.5. The fraction of sp³-hybridized carbons (Fsp3) is 0.292. The molecule has 0 radical (unpaired) electrons. The van der Waals surface area contributed by atoms with Gasteiger partial charge in [0.15, 0.2) is 11.6 Å². The number of amides is 1. The molecule has 2 heterocycles. The molecule has 0 bridgehead atoms. The lowest BCUT2D eigenvalue weighted by Crippen LogP contribution is -2.24. The van der Waals surface area contributed by atoms with Crippen molar-refractivity contribution >= 4 is 5.91 Å². The first-order valence-corrected chi connectivity index (χ1v) is 11.0. The van der Waals surface area contributed by atoms with E-state index in [-0.39, 0.29) is 5.91 Å². The fourth-order valence-corrected chi connectivity index (χ4v) is 3.43. The van der Waals surface area contributed by atoms with Crippen LogP contribution in [0.1, 0.15) is 35.9 Å². The van der Waals surface area contributed by atoms with Crippen LogP contribution < -0.4 is 10.1 Å². The predicted molar refractivity (Wildman–Crippen MR) is 124 cm³/mol. The van der Waals surface area contributed by atoms with Crippen LogP contribution in [0.3, 0.4) is 0 Å². The van der Waals surface area contributed by atoms with E-state index in [1.165, 1.54) is 0 Å². The topological polar surface area (TPSA) is 99.8 Å². The van der Waals surface area contributed by atoms with E-state index in [4.69, 9.17) is 9.72 Å². The van der Waals surface area contributed by atoms with Crippen LogP contribution in [-0.4, -0.2) is 49.3 Å². The highest BCUT2D eigenvalue weighted by molar-refractivity contribution is 5.94. The number of aryl methyl sites for hydroxylation is 2. The third kappa shape index (κ3) is 5.43. The van der Waals surface area contributed by atoms with E-state index in [2.05, 4.69) is 20.6 Å². The number of ether oxygens (including phenoxy) is 1. The summed E-state index contributed by atoms with van der Waals surface area (Å²) in [4.78, 5) is 19.0. The summed E-state index contributed by atoms with van der Waals surface area (Å²) in [6.45, 7) is 3.34. The molecule has 9 heteroatoms. The SMILES string of the molecule is CCc1nc(-c2ccc(OC)cc2)n(-c2cccc(C(=O)NCCCCn3nccn3)c2)n1. The third-order valence-corrected chi connectivity index (χ3v) is 5.21. The highest BCUT2D eigenvalue weighted by Gasteiger charge is 2.15. The number of methoxy groups -OCH3 is 1. The van der Waals surface area contributed by atoms with Gasteiger partial charge in [-0.25, -0.2) is 9.67 Å². The number of benzene rings is 2. The Morgan fingerprint density at radius 2 is 1.85 bits per heavy atom. The molecule has 1 N–H and O–H groups in total. The molecule has 0 aliphatic heterocycles. The van der Waals surface area contributed by atoms with Crippen molar-refractivity contribution in [3.8, 4) is 22.8 Å². The molecular formula is C24H27N7O2. The van der Waals surface area contributed by atoms with Crippen LogP contribution in [0.25, 0.3) is 17.1 Å². The molecule has 0 spiro atoms. The zero-order chi connectivity index (χ0) is 23.0. The quantitative estimate of drug-likeness (QED) is 0.376. The first kappa shape index (κ1) is 22.2. The standard InChI is InChI=1S/C24H27N7O2/c1-3-22-28-23(18-9-11-21(33-2)12-10-18)31(29-22)20-8-6-7-19(17-20)24(32)25-13-4-5-16-30-26-14-15-27-30/h6-12,14-15,17H,3-5,13,16H2,1-2H3,(H,25,32). The second kappa shape index (κ2) is 10.5. The van der Waals surface area contributed by atoms with Crippen molar-refractivity contribution in [1.29, 1.82) is 0 Å². The smallest absolute Gasteiger partial charge is 0.251 e. The second-order valence-electron chi connectivity index (χ2n) is 7.48. The first-order valence-electron chi connectivity index (χ1n) is 11.0. The number of nitrogens with zero attached hydrogens (tertiary/aromatic N) is 6. The molecule has 0 aliphatic carbocycles. The molecule has 0 aliphatic rings. The second-order valence-corrected chi connectivity index (χ2v) is 7.48. The Morgan fingerprint density at radius 1 is 1.06 bits per heavy atom. The van der Waals surface area contributed by atoms with Gasteiger partial charge in [-0.05, 0) is 55.3 Å². The Labute approximate surface area is 192 Å². The van der Waals surface area contributed by atoms with Gasteiger partial charge in [0.1, 0.15) is 5.75 Å². The summed E-state index contributed by atoms with van der Waals surface area (Å²) in [5.41, 5.74) is 2.28. The lowest BCUT2D eigenvalue weighted by Gasteiger charge is -2.09. The maximum absolute atomic E-state index is 12.7. The number of unbranched alkanes of at least 4 members (excludes halogenated alkanes) is 1. The van der Waals surface area contributed by atoms with Gasteiger partial charge in [0.05, 0.1) is 31.7 Å². The van der Waals surface area contributed by atoms with Crippen molar-refractivity contribution in [3.63, 3.8) is 0 Å². The molecule has 0 unspecified atom stereocenters. The van der Waals surface area contributed by atoms with Crippen LogP contribution >= 0.6 is 0 Å². The van der Waals surface area contributed by atoms with Crippen molar-refractivity contribution in [2.24, 2.45) is 0 Å². The van der Waals surface area contributed by atoms with E-state index in [9.17, 15) is 4.79 Å². The zero-order valence-electron chi connectivity index (χ0n) is 18.8. The van der Waals surface area contributed by atoms with Gasteiger partial charge in [-0.3, -0.25) is 4.79 Å². The van der Waals surface area contributed by atoms with Gasteiger partial charge in [0.25, 0.3) is 5.91 Å². The number of hydrogen-bond acceptors (Lipinski definition) is 6. The van der Waals surface area contributed by atoms with E-state index in [0.29, 0.717) is 18.5 Å². The van der Waals surface area contributed by atoms with Crippen LogP contribution in [0.15, 0.2) is 60.9 Å². The molecule has 170 valence electrons. The summed E-state index contributed by atoms with van der Waals surface area (Å²) in [5.74, 6) is 2.12. The molecule has 4 rings (SSSR count). The minimum absolute atomic E-state index is 0.115. The van der Waals surface area contributed by atoms with Crippen molar-refractivity contribution in [1.82, 2.24) is 35.1 Å². The summed E-state index contributed by atoms with van der Waals surface area (Å²) >= 11 is 0. The minimum Gasteiger partial charge on any atom is -0.497 e. The molecule has 1 amide bonds. The Hall–Kier alpha value is -4.01. The highest BCUT2D eigenvalue weighted by Crippen LogP contribution is 2.24. The predicted octanol–water partition coefficient (Wildman–Crippen LogP) is 3.31. The van der Waals surface area contributed by atoms with E-state index >= 15 is 0 Å². The Bertz CT molecular complexity index is 1180. The van der Waals surface area contributed by atoms with Gasteiger partial charge in [0, 0.05) is 24.1 Å². The molecule has 33 heavy (non-hydrogen) atoms. The van der Waals surface area contributed by atoms with Crippen molar-refractivity contribution < 1.29 is 9.53 Å². The maximum Gasteiger partial charge on any atom is 0.251 e. The molecule has 0 saturated carbocycles. The number of rotatable bonds is 10. The van der Waals surface area contributed by atoms with Crippen molar-refractivity contribution in [2.75, 3.05) is 13.7 Å². The van der Waals surface area contributed by atoms with Gasteiger partial charge >= 0.3 is 0 Å². The molecule has 0 atom stereocenters. The van der Waals surface area contributed by atoms with Crippen LogP contribution in [0, 0.1) is 0 Å². The number of hydrogen-bond donors (Lipinski definition) is 1. The van der Waals surface area contributed by atoms with Crippen LogP contribution in [0.2, 0.25) is 0 Å². The van der Waals surface area contributed by atoms with Crippen molar-refractivity contribution in [3.05, 3.63) is 72.3 Å². The molecule has 2 aromatic carbocycles. The fourth-order valence-electron chi connectivity index (χ4n) is 3.43.